The number of carbonyl (C=O) groups is 1. The number of hydrogen-bond acceptors (Lipinski definition) is 5. The van der Waals surface area contributed by atoms with Crippen LogP contribution in [-0.2, 0) is 4.79 Å². The van der Waals surface area contributed by atoms with E-state index in [2.05, 4.69) is 10.3 Å². The number of pyridine rings is 1. The molecule has 8 heteroatoms. The first-order valence-electron chi connectivity index (χ1n) is 8.56. The smallest absolute Gasteiger partial charge is 0.258 e. The first-order chi connectivity index (χ1) is 12.2. The number of hydrogen-bond donors (Lipinski definition) is 2. The monoisotopic (exact) mass is 413 g/mol. The largest absolute Gasteiger partial charge is 0.484 e. The van der Waals surface area contributed by atoms with Crippen molar-refractivity contribution in [3.05, 3.63) is 48.7 Å². The Morgan fingerprint density at radius 2 is 1.85 bits per heavy atom. The lowest BCUT2D eigenvalue weighted by Crippen LogP contribution is -2.42. The molecule has 148 valence electrons. The number of benzene rings is 1. The van der Waals surface area contributed by atoms with Crippen LogP contribution in [0.1, 0.15) is 19.3 Å². The average Bonchev–Trinajstić information content (AvgIpc) is 3.09. The van der Waals surface area contributed by atoms with Crippen molar-refractivity contribution in [3.8, 4) is 17.4 Å². The van der Waals surface area contributed by atoms with Crippen LogP contribution in [0.2, 0.25) is 0 Å². The van der Waals surface area contributed by atoms with Crippen molar-refractivity contribution in [3.63, 3.8) is 0 Å². The molecular weight excluding hydrogens is 389 g/mol. The van der Waals surface area contributed by atoms with Crippen LogP contribution in [0.5, 0.6) is 17.4 Å². The van der Waals surface area contributed by atoms with Crippen LogP contribution in [0.3, 0.4) is 0 Å². The van der Waals surface area contributed by atoms with Gasteiger partial charge >= 0.3 is 0 Å². The van der Waals surface area contributed by atoms with Gasteiger partial charge in [0.05, 0.1) is 0 Å². The standard InChI is InChI=1S/C19H23N3O3.2ClH/c20-12-14-4-3-5-17(14)22-18(23)13-24-15-7-9-16(10-8-15)25-19-6-1-2-11-21-19;;/h1-2,6-11,14,17H,3-5,12-13,20H2,(H,22,23);2*1H. The molecule has 27 heavy (non-hydrogen) atoms. The molecule has 1 saturated carbocycles. The summed E-state index contributed by atoms with van der Waals surface area (Å²) in [6.45, 7) is 0.609. The number of halogens is 2. The topological polar surface area (TPSA) is 86.5 Å². The molecule has 1 aliphatic rings. The number of ether oxygens (including phenoxy) is 2. The number of aromatic nitrogens is 1. The maximum absolute atomic E-state index is 12.0. The minimum atomic E-state index is -0.112. The van der Waals surface area contributed by atoms with Crippen molar-refractivity contribution in [1.82, 2.24) is 10.3 Å². The molecular formula is C19H25Cl2N3O3. The van der Waals surface area contributed by atoms with Gasteiger partial charge in [-0.3, -0.25) is 4.79 Å². The predicted octanol–water partition coefficient (Wildman–Crippen LogP) is 3.34. The molecule has 1 fully saturated rings. The molecule has 6 nitrogen and oxygen atoms in total. The average molecular weight is 414 g/mol. The molecule has 0 saturated heterocycles. The van der Waals surface area contributed by atoms with Crippen molar-refractivity contribution in [2.75, 3.05) is 13.2 Å². The molecule has 1 aromatic heterocycles. The lowest BCUT2D eigenvalue weighted by molar-refractivity contribution is -0.124. The van der Waals surface area contributed by atoms with E-state index in [0.29, 0.717) is 29.8 Å². The Kier molecular flexibility index (Phi) is 9.93. The quantitative estimate of drug-likeness (QED) is 0.726. The van der Waals surface area contributed by atoms with E-state index in [1.54, 1.807) is 36.5 Å². The van der Waals surface area contributed by atoms with Crippen LogP contribution in [0.15, 0.2) is 48.7 Å². The fourth-order valence-electron chi connectivity index (χ4n) is 3.04. The Hall–Kier alpha value is -2.02. The first kappa shape index (κ1) is 23.0. The fourth-order valence-corrected chi connectivity index (χ4v) is 3.04. The van der Waals surface area contributed by atoms with Crippen molar-refractivity contribution >= 4 is 30.7 Å². The van der Waals surface area contributed by atoms with Crippen LogP contribution in [0, 0.1) is 5.92 Å². The molecule has 1 amide bonds. The van der Waals surface area contributed by atoms with Crippen LogP contribution < -0.4 is 20.5 Å². The maximum Gasteiger partial charge on any atom is 0.258 e. The van der Waals surface area contributed by atoms with Gasteiger partial charge in [-0.25, -0.2) is 4.98 Å². The highest BCUT2D eigenvalue weighted by molar-refractivity contribution is 5.85. The number of amides is 1. The molecule has 0 bridgehead atoms. The van der Waals surface area contributed by atoms with Crippen LogP contribution in [0.25, 0.3) is 0 Å². The second-order valence-electron chi connectivity index (χ2n) is 6.13. The summed E-state index contributed by atoms with van der Waals surface area (Å²) in [6.07, 6.45) is 4.86. The molecule has 3 rings (SSSR count). The van der Waals surface area contributed by atoms with E-state index >= 15 is 0 Å². The van der Waals surface area contributed by atoms with E-state index in [0.717, 1.165) is 19.3 Å². The molecule has 0 spiro atoms. The van der Waals surface area contributed by atoms with Gasteiger partial charge < -0.3 is 20.5 Å². The highest BCUT2D eigenvalue weighted by Crippen LogP contribution is 2.25. The van der Waals surface area contributed by atoms with E-state index in [-0.39, 0.29) is 43.4 Å². The predicted molar refractivity (Wildman–Crippen MR) is 109 cm³/mol. The zero-order chi connectivity index (χ0) is 17.5. The SMILES string of the molecule is Cl.Cl.NCC1CCCC1NC(=O)COc1ccc(Oc2ccccn2)cc1. The Balaban J connectivity index is 0.00000182. The molecule has 1 aromatic carbocycles. The van der Waals surface area contributed by atoms with E-state index in [1.807, 2.05) is 12.1 Å². The Labute approximate surface area is 171 Å². The zero-order valence-electron chi connectivity index (χ0n) is 14.9. The lowest BCUT2D eigenvalue weighted by atomic mass is 10.0. The maximum atomic E-state index is 12.0. The summed E-state index contributed by atoms with van der Waals surface area (Å²) >= 11 is 0. The Morgan fingerprint density at radius 3 is 2.52 bits per heavy atom. The molecule has 0 aliphatic heterocycles. The molecule has 2 unspecified atom stereocenters. The summed E-state index contributed by atoms with van der Waals surface area (Å²) in [5.74, 6) is 2.07. The molecule has 2 aromatic rings. The summed E-state index contributed by atoms with van der Waals surface area (Å²) < 4.78 is 11.2. The van der Waals surface area contributed by atoms with Gasteiger partial charge in [0.25, 0.3) is 5.91 Å². The summed E-state index contributed by atoms with van der Waals surface area (Å²) in [5.41, 5.74) is 5.74. The normalized spacial score (nSPS) is 18.0. The van der Waals surface area contributed by atoms with E-state index in [9.17, 15) is 4.79 Å². The van der Waals surface area contributed by atoms with Crippen LogP contribution >= 0.6 is 24.8 Å². The number of nitrogens with two attached hydrogens (primary N) is 1. The molecule has 0 radical (unpaired) electrons. The lowest BCUT2D eigenvalue weighted by Gasteiger charge is -2.19. The van der Waals surface area contributed by atoms with Gasteiger partial charge in [0, 0.05) is 18.3 Å². The van der Waals surface area contributed by atoms with E-state index < -0.39 is 0 Å². The van der Waals surface area contributed by atoms with Gasteiger partial charge in [-0.1, -0.05) is 12.5 Å². The zero-order valence-corrected chi connectivity index (χ0v) is 16.5. The molecule has 1 aliphatic carbocycles. The van der Waals surface area contributed by atoms with Crippen molar-refractivity contribution in [2.45, 2.75) is 25.3 Å². The van der Waals surface area contributed by atoms with Gasteiger partial charge in [-0.15, -0.1) is 24.8 Å². The van der Waals surface area contributed by atoms with Gasteiger partial charge in [0.1, 0.15) is 11.5 Å². The highest BCUT2D eigenvalue weighted by atomic mass is 35.5. The van der Waals surface area contributed by atoms with Crippen LogP contribution in [-0.4, -0.2) is 30.1 Å². The van der Waals surface area contributed by atoms with Gasteiger partial charge in [0.2, 0.25) is 5.88 Å². The van der Waals surface area contributed by atoms with Crippen molar-refractivity contribution in [1.29, 1.82) is 0 Å². The van der Waals surface area contributed by atoms with Gasteiger partial charge in [-0.05, 0) is 55.6 Å². The van der Waals surface area contributed by atoms with E-state index in [4.69, 9.17) is 15.2 Å². The number of nitrogens with zero attached hydrogens (tertiary/aromatic N) is 1. The second kappa shape index (κ2) is 11.6. The third-order valence-electron chi connectivity index (χ3n) is 4.36. The molecule has 1 heterocycles. The summed E-state index contributed by atoms with van der Waals surface area (Å²) in [7, 11) is 0. The Bertz CT molecular complexity index is 686. The highest BCUT2D eigenvalue weighted by Gasteiger charge is 2.27. The van der Waals surface area contributed by atoms with Crippen LogP contribution in [0.4, 0.5) is 0 Å². The summed E-state index contributed by atoms with van der Waals surface area (Å²) in [4.78, 5) is 16.1. The molecule has 2 atom stereocenters. The van der Waals surface area contributed by atoms with Crippen molar-refractivity contribution < 1.29 is 14.3 Å². The third kappa shape index (κ3) is 6.90. The molecule has 3 N–H and O–H groups in total. The van der Waals surface area contributed by atoms with Gasteiger partial charge in [-0.2, -0.15) is 0 Å². The number of carbonyl (C=O) groups excluding carboxylic acids is 1. The van der Waals surface area contributed by atoms with Gasteiger partial charge in [0.15, 0.2) is 6.61 Å². The minimum absolute atomic E-state index is 0. The number of nitrogens with one attached hydrogen (secondary N) is 1. The summed E-state index contributed by atoms with van der Waals surface area (Å²) in [5, 5.41) is 3.02. The number of rotatable bonds is 7. The van der Waals surface area contributed by atoms with E-state index in [1.165, 1.54) is 0 Å². The Morgan fingerprint density at radius 1 is 1.11 bits per heavy atom. The fraction of sp³-hybridized carbons (Fsp3) is 0.368. The minimum Gasteiger partial charge on any atom is -0.484 e. The summed E-state index contributed by atoms with van der Waals surface area (Å²) in [6, 6.07) is 12.7. The van der Waals surface area contributed by atoms with Crippen molar-refractivity contribution in [2.24, 2.45) is 11.7 Å². The first-order valence-corrected chi connectivity index (χ1v) is 8.56. The second-order valence-corrected chi connectivity index (χ2v) is 6.13. The third-order valence-corrected chi connectivity index (χ3v) is 4.36.